The van der Waals surface area contributed by atoms with E-state index in [9.17, 15) is 0 Å². The predicted octanol–water partition coefficient (Wildman–Crippen LogP) is -0.320. The van der Waals surface area contributed by atoms with Crippen molar-refractivity contribution < 1.29 is 2.85 Å². The zero-order valence-electron chi connectivity index (χ0n) is 5.21. The summed E-state index contributed by atoms with van der Waals surface area (Å²) in [5, 5.41) is 2.75. The summed E-state index contributed by atoms with van der Waals surface area (Å²) in [6.07, 6.45) is 0. The Balaban J connectivity index is -0.00000000667. The topological polar surface area (TPSA) is 12.0 Å². The molecule has 1 N–H and O–H groups in total. The van der Waals surface area contributed by atoms with Gasteiger partial charge in [-0.1, -0.05) is 0 Å². The molecular formula is C2H9MgN. The van der Waals surface area contributed by atoms with Crippen LogP contribution in [-0.2, 0) is 0 Å². The molecule has 1 nitrogen and oxygen atoms in total. The Morgan fingerprint density at radius 2 is 1.50 bits per heavy atom. The minimum absolute atomic E-state index is 0. The predicted molar refractivity (Wildman–Crippen MR) is 23.0 cm³/mol. The van der Waals surface area contributed by atoms with Crippen LogP contribution in [0.4, 0.5) is 0 Å². The van der Waals surface area contributed by atoms with E-state index in [1.54, 1.807) is 0 Å². The summed E-state index contributed by atoms with van der Waals surface area (Å²) >= 11 is 0. The normalized spacial score (nSPS) is 4.50. The third-order valence-electron chi connectivity index (χ3n) is 0. The third-order valence-corrected chi connectivity index (χ3v) is 0. The van der Waals surface area contributed by atoms with Gasteiger partial charge in [-0.05, 0) is 14.1 Å². The van der Waals surface area contributed by atoms with Crippen LogP contribution in [0.3, 0.4) is 0 Å². The minimum Gasteiger partial charge on any atom is -1.00 e. The molecule has 0 heterocycles. The Morgan fingerprint density at radius 3 is 1.50 bits per heavy atom. The van der Waals surface area contributed by atoms with E-state index in [1.807, 2.05) is 14.1 Å². The fourth-order valence-electron chi connectivity index (χ4n) is 0. The maximum atomic E-state index is 2.75. The molecule has 2 heteroatoms. The van der Waals surface area contributed by atoms with Gasteiger partial charge in [-0.3, -0.25) is 0 Å². The van der Waals surface area contributed by atoms with Gasteiger partial charge in [0.1, 0.15) is 0 Å². The monoisotopic (exact) mass is 71.1 g/mol. The molecule has 24 valence electrons. The van der Waals surface area contributed by atoms with E-state index in [0.29, 0.717) is 0 Å². The van der Waals surface area contributed by atoms with Gasteiger partial charge in [0.05, 0.1) is 0 Å². The van der Waals surface area contributed by atoms with Crippen molar-refractivity contribution in [3.63, 3.8) is 0 Å². The molecule has 0 amide bonds. The van der Waals surface area contributed by atoms with Gasteiger partial charge in [0.2, 0.25) is 0 Å². The van der Waals surface area contributed by atoms with Crippen LogP contribution < -0.4 is 5.32 Å². The van der Waals surface area contributed by atoms with Crippen molar-refractivity contribution in [2.24, 2.45) is 0 Å². The molecule has 0 fully saturated rings. The quantitative estimate of drug-likeness (QED) is 0.386. The first-order chi connectivity index (χ1) is 1.41. The largest absolute Gasteiger partial charge is 2.00 e. The molecule has 0 aliphatic heterocycles. The maximum absolute atomic E-state index is 2.75. The van der Waals surface area contributed by atoms with Crippen LogP contribution >= 0.6 is 0 Å². The van der Waals surface area contributed by atoms with Crippen molar-refractivity contribution in [1.82, 2.24) is 5.32 Å². The van der Waals surface area contributed by atoms with E-state index in [2.05, 4.69) is 5.32 Å². The molecule has 0 aromatic rings. The molecule has 0 spiro atoms. The second kappa shape index (κ2) is 9.29. The molecule has 0 atom stereocenters. The van der Waals surface area contributed by atoms with Crippen molar-refractivity contribution >= 4 is 23.1 Å². The van der Waals surface area contributed by atoms with E-state index in [1.165, 1.54) is 0 Å². The fraction of sp³-hybridized carbons (Fsp3) is 1.00. The van der Waals surface area contributed by atoms with Crippen LogP contribution in [-0.4, -0.2) is 37.1 Å². The Kier molecular flexibility index (Phi) is 20.5. The van der Waals surface area contributed by atoms with Gasteiger partial charge in [-0.2, -0.15) is 0 Å². The Morgan fingerprint density at radius 1 is 1.50 bits per heavy atom. The molecular weight excluding hydrogens is 62.3 g/mol. The number of rotatable bonds is 0. The molecule has 0 aromatic heterocycles. The summed E-state index contributed by atoms with van der Waals surface area (Å²) in [4.78, 5) is 0. The van der Waals surface area contributed by atoms with Crippen LogP contribution in [0.2, 0.25) is 0 Å². The summed E-state index contributed by atoms with van der Waals surface area (Å²) < 4.78 is 0. The first-order valence-corrected chi connectivity index (χ1v) is 1.00. The van der Waals surface area contributed by atoms with E-state index in [-0.39, 0.29) is 25.9 Å². The van der Waals surface area contributed by atoms with Gasteiger partial charge < -0.3 is 8.17 Å². The molecule has 0 rings (SSSR count). The molecule has 0 saturated carbocycles. The Bertz CT molecular complexity index is 11.5. The average molecular weight is 71.4 g/mol. The second-order valence-corrected chi connectivity index (χ2v) is 0.500. The summed E-state index contributed by atoms with van der Waals surface area (Å²) in [7, 11) is 3.75. The number of nitrogens with one attached hydrogen (secondary N) is 1. The average Bonchev–Trinajstić information content (AvgIpc) is 0.918. The first-order valence-electron chi connectivity index (χ1n) is 1.00. The number of hydrogen-bond donors (Lipinski definition) is 1. The van der Waals surface area contributed by atoms with Crippen LogP contribution in [0.15, 0.2) is 0 Å². The second-order valence-electron chi connectivity index (χ2n) is 0.500. The molecule has 0 aromatic carbocycles. The zero-order valence-corrected chi connectivity index (χ0v) is 4.62. The standard InChI is InChI=1S/C2H7N.Mg.2H/c1-3-2;;;/h3H,1-2H3;;;/q;+2;2*-1. The minimum atomic E-state index is 0. The van der Waals surface area contributed by atoms with Crippen molar-refractivity contribution in [1.29, 1.82) is 0 Å². The summed E-state index contributed by atoms with van der Waals surface area (Å²) in [5.41, 5.74) is 0. The van der Waals surface area contributed by atoms with Crippen LogP contribution in [0.5, 0.6) is 0 Å². The van der Waals surface area contributed by atoms with Crippen molar-refractivity contribution in [3.05, 3.63) is 0 Å². The summed E-state index contributed by atoms with van der Waals surface area (Å²) in [6, 6.07) is 0. The van der Waals surface area contributed by atoms with Crippen LogP contribution in [0, 0.1) is 0 Å². The molecule has 0 aliphatic carbocycles. The SMILES string of the molecule is CNC.[H-].[H-].[Mg+2]. The van der Waals surface area contributed by atoms with Crippen molar-refractivity contribution in [3.8, 4) is 0 Å². The van der Waals surface area contributed by atoms with Crippen molar-refractivity contribution in [2.75, 3.05) is 14.1 Å². The van der Waals surface area contributed by atoms with Crippen LogP contribution in [0.25, 0.3) is 0 Å². The molecule has 4 heavy (non-hydrogen) atoms. The molecule has 0 unspecified atom stereocenters. The van der Waals surface area contributed by atoms with E-state index >= 15 is 0 Å². The van der Waals surface area contributed by atoms with Crippen molar-refractivity contribution in [2.45, 2.75) is 0 Å². The van der Waals surface area contributed by atoms with Gasteiger partial charge >= 0.3 is 23.1 Å². The zero-order chi connectivity index (χ0) is 2.71. The summed E-state index contributed by atoms with van der Waals surface area (Å²) in [6.45, 7) is 0. The Labute approximate surface area is 45.9 Å². The fourth-order valence-corrected chi connectivity index (χ4v) is 0. The van der Waals surface area contributed by atoms with E-state index in [0.717, 1.165) is 0 Å². The molecule has 0 aliphatic rings. The Hall–Kier alpha value is 0.726. The van der Waals surface area contributed by atoms with Gasteiger partial charge in [-0.15, -0.1) is 0 Å². The van der Waals surface area contributed by atoms with Gasteiger partial charge in [0.15, 0.2) is 0 Å². The summed E-state index contributed by atoms with van der Waals surface area (Å²) in [5.74, 6) is 0. The smallest absolute Gasteiger partial charge is 1.00 e. The third kappa shape index (κ3) is 15.4. The van der Waals surface area contributed by atoms with Crippen LogP contribution in [0.1, 0.15) is 2.85 Å². The molecule has 0 saturated heterocycles. The molecule has 0 bridgehead atoms. The first kappa shape index (κ1) is 8.83. The number of hydrogen-bond acceptors (Lipinski definition) is 1. The van der Waals surface area contributed by atoms with Gasteiger partial charge in [0, 0.05) is 0 Å². The van der Waals surface area contributed by atoms with E-state index in [4.69, 9.17) is 0 Å². The maximum Gasteiger partial charge on any atom is 2.00 e. The van der Waals surface area contributed by atoms with E-state index < -0.39 is 0 Å². The molecule has 0 radical (unpaired) electrons. The van der Waals surface area contributed by atoms with Gasteiger partial charge in [0.25, 0.3) is 0 Å². The van der Waals surface area contributed by atoms with Gasteiger partial charge in [-0.25, -0.2) is 0 Å².